The Morgan fingerprint density at radius 1 is 1.33 bits per heavy atom. The summed E-state index contributed by atoms with van der Waals surface area (Å²) in [5, 5.41) is 8.68. The number of ether oxygens (including phenoxy) is 2. The van der Waals surface area contributed by atoms with E-state index in [-0.39, 0.29) is 12.1 Å². The molecular weight excluding hydrogens is 384 g/mol. The number of pyridine rings is 1. The van der Waals surface area contributed by atoms with Crippen molar-refractivity contribution in [2.75, 3.05) is 18.9 Å². The van der Waals surface area contributed by atoms with Crippen LogP contribution in [0.15, 0.2) is 30.6 Å². The van der Waals surface area contributed by atoms with Crippen LogP contribution in [0.5, 0.6) is 5.75 Å². The molecule has 160 valence electrons. The van der Waals surface area contributed by atoms with Gasteiger partial charge in [-0.3, -0.25) is 4.68 Å². The van der Waals surface area contributed by atoms with Gasteiger partial charge in [-0.25, -0.2) is 9.31 Å². The third-order valence-electron chi connectivity index (χ3n) is 5.06. The quantitative estimate of drug-likeness (QED) is 0.691. The van der Waals surface area contributed by atoms with Crippen molar-refractivity contribution in [1.29, 1.82) is 0 Å². The predicted octanol–water partition coefficient (Wildman–Crippen LogP) is 3.19. The van der Waals surface area contributed by atoms with Crippen molar-refractivity contribution in [1.82, 2.24) is 24.3 Å². The highest BCUT2D eigenvalue weighted by Crippen LogP contribution is 2.32. The van der Waals surface area contributed by atoms with Crippen LogP contribution in [0, 0.1) is 0 Å². The number of nitrogens with zero attached hydrogens (tertiary/aromatic N) is 5. The van der Waals surface area contributed by atoms with Crippen LogP contribution in [-0.4, -0.2) is 55.2 Å². The van der Waals surface area contributed by atoms with E-state index in [0.717, 1.165) is 23.2 Å². The number of hydrogen-bond acceptors (Lipinski definition) is 6. The maximum absolute atomic E-state index is 12.3. The number of nitrogens with two attached hydrogens (primary N) is 1. The molecule has 0 spiro atoms. The van der Waals surface area contributed by atoms with Crippen molar-refractivity contribution >= 4 is 17.4 Å². The molecule has 4 rings (SSSR count). The molecule has 0 aliphatic carbocycles. The van der Waals surface area contributed by atoms with E-state index < -0.39 is 5.60 Å². The van der Waals surface area contributed by atoms with Crippen molar-refractivity contribution in [3.05, 3.63) is 30.6 Å². The Morgan fingerprint density at radius 2 is 2.13 bits per heavy atom. The van der Waals surface area contributed by atoms with Crippen LogP contribution in [0.25, 0.3) is 16.8 Å². The van der Waals surface area contributed by atoms with Gasteiger partial charge in [-0.1, -0.05) is 0 Å². The molecule has 30 heavy (non-hydrogen) atoms. The highest BCUT2D eigenvalue weighted by molar-refractivity contribution is 5.72. The number of amides is 1. The zero-order valence-electron chi connectivity index (χ0n) is 17.8. The monoisotopic (exact) mass is 412 g/mol. The lowest BCUT2D eigenvalue weighted by molar-refractivity contribution is -0.0141. The first-order valence-electron chi connectivity index (χ1n) is 10.2. The molecule has 1 fully saturated rings. The second kappa shape index (κ2) is 7.55. The summed E-state index contributed by atoms with van der Waals surface area (Å²) in [5.41, 5.74) is 8.05. The fourth-order valence-electron chi connectivity index (χ4n) is 3.53. The van der Waals surface area contributed by atoms with E-state index in [4.69, 9.17) is 15.2 Å². The molecule has 1 unspecified atom stereocenters. The van der Waals surface area contributed by atoms with Crippen LogP contribution in [-0.2, 0) is 11.3 Å². The van der Waals surface area contributed by atoms with E-state index in [9.17, 15) is 4.79 Å². The molecule has 0 aromatic carbocycles. The highest BCUT2D eigenvalue weighted by Gasteiger charge is 2.36. The van der Waals surface area contributed by atoms with Gasteiger partial charge >= 0.3 is 6.09 Å². The molecule has 2 N–H and O–H groups in total. The highest BCUT2D eigenvalue weighted by atomic mass is 16.6. The zero-order chi connectivity index (χ0) is 21.5. The molecule has 1 saturated heterocycles. The number of carbonyl (C=O) groups is 1. The third-order valence-corrected chi connectivity index (χ3v) is 5.06. The minimum Gasteiger partial charge on any atom is -0.487 e. The molecular formula is C21H28N6O3. The van der Waals surface area contributed by atoms with Gasteiger partial charge in [-0.15, -0.1) is 0 Å². The molecule has 4 heterocycles. The topological polar surface area (TPSA) is 99.9 Å². The molecule has 0 saturated carbocycles. The second-order valence-electron chi connectivity index (χ2n) is 8.45. The lowest BCUT2D eigenvalue weighted by Crippen LogP contribution is -2.55. The number of likely N-dealkylation sites (tertiary alicyclic amines) is 1. The minimum absolute atomic E-state index is 0.00483. The average molecular weight is 412 g/mol. The van der Waals surface area contributed by atoms with E-state index in [1.807, 2.05) is 56.8 Å². The van der Waals surface area contributed by atoms with Gasteiger partial charge in [-0.05, 0) is 46.2 Å². The summed E-state index contributed by atoms with van der Waals surface area (Å²) in [6, 6.07) is 5.79. The summed E-state index contributed by atoms with van der Waals surface area (Å²) in [5.74, 6) is 1.16. The fourth-order valence-corrected chi connectivity index (χ4v) is 3.53. The van der Waals surface area contributed by atoms with Gasteiger partial charge in [-0.2, -0.15) is 10.2 Å². The number of rotatable bonds is 5. The summed E-state index contributed by atoms with van der Waals surface area (Å²) in [7, 11) is 0. The van der Waals surface area contributed by atoms with Crippen LogP contribution >= 0.6 is 0 Å². The summed E-state index contributed by atoms with van der Waals surface area (Å²) >= 11 is 0. The molecule has 0 bridgehead atoms. The average Bonchev–Trinajstić information content (AvgIpc) is 3.20. The molecule has 3 aromatic rings. The van der Waals surface area contributed by atoms with Gasteiger partial charge < -0.3 is 20.1 Å². The molecule has 1 atom stereocenters. The van der Waals surface area contributed by atoms with Crippen LogP contribution in [0.3, 0.4) is 0 Å². The smallest absolute Gasteiger partial charge is 0.410 e. The molecule has 1 amide bonds. The summed E-state index contributed by atoms with van der Waals surface area (Å²) in [6.07, 6.45) is 4.19. The summed E-state index contributed by atoms with van der Waals surface area (Å²) < 4.78 is 15.2. The van der Waals surface area contributed by atoms with Crippen LogP contribution in [0.4, 0.5) is 10.6 Å². The Labute approximate surface area is 175 Å². The van der Waals surface area contributed by atoms with Gasteiger partial charge in [0.1, 0.15) is 23.7 Å². The molecule has 9 heteroatoms. The normalized spacial score (nSPS) is 16.5. The SMILES string of the molecule is CCn1ncc(OCC2CCN2C(=O)OC(C)(C)C)c1-c1ccn2nc(N)cc2c1. The summed E-state index contributed by atoms with van der Waals surface area (Å²) in [6.45, 7) is 9.42. The third kappa shape index (κ3) is 3.92. The van der Waals surface area contributed by atoms with Gasteiger partial charge in [0.15, 0.2) is 5.75 Å². The maximum Gasteiger partial charge on any atom is 0.410 e. The number of aryl methyl sites for hydroxylation is 1. The first-order chi connectivity index (χ1) is 14.2. The number of anilines is 1. The van der Waals surface area contributed by atoms with Crippen LogP contribution < -0.4 is 10.5 Å². The number of carbonyl (C=O) groups excluding carboxylic acids is 1. The van der Waals surface area contributed by atoms with Crippen molar-refractivity contribution in [3.8, 4) is 17.0 Å². The van der Waals surface area contributed by atoms with Gasteiger partial charge in [0.05, 0.1) is 17.8 Å². The molecule has 0 radical (unpaired) electrons. The molecule has 9 nitrogen and oxygen atoms in total. The van der Waals surface area contributed by atoms with E-state index in [1.165, 1.54) is 0 Å². The van der Waals surface area contributed by atoms with Crippen molar-refractivity contribution in [2.24, 2.45) is 0 Å². The van der Waals surface area contributed by atoms with Crippen LogP contribution in [0.1, 0.15) is 34.1 Å². The number of nitrogen functional groups attached to an aromatic ring is 1. The Kier molecular flexibility index (Phi) is 5.05. The minimum atomic E-state index is -0.511. The molecule has 1 aliphatic rings. The van der Waals surface area contributed by atoms with E-state index in [0.29, 0.717) is 31.3 Å². The van der Waals surface area contributed by atoms with E-state index in [1.54, 1.807) is 15.6 Å². The molecule has 1 aliphatic heterocycles. The maximum atomic E-state index is 12.3. The second-order valence-corrected chi connectivity index (χ2v) is 8.45. The predicted molar refractivity (Wildman–Crippen MR) is 113 cm³/mol. The van der Waals surface area contributed by atoms with E-state index in [2.05, 4.69) is 10.2 Å². The lowest BCUT2D eigenvalue weighted by Gasteiger charge is -2.40. The standard InChI is InChI=1S/C21H28N6O3/c1-5-26-19(14-6-9-27-16(10-14)11-18(22)24-27)17(12-23-26)29-13-15-7-8-25(15)20(28)30-21(2,3)4/h6,9-12,15H,5,7-8,13H2,1-4H3,(H2,22,24). The number of hydrogen-bond donors (Lipinski definition) is 1. The Morgan fingerprint density at radius 3 is 2.80 bits per heavy atom. The number of fused-ring (bicyclic) bond motifs is 1. The van der Waals surface area contributed by atoms with Crippen molar-refractivity contribution in [2.45, 2.75) is 52.3 Å². The fraction of sp³-hybridized carbons (Fsp3) is 0.476. The Balaban J connectivity index is 1.51. The van der Waals surface area contributed by atoms with Gasteiger partial charge in [0, 0.05) is 30.9 Å². The van der Waals surface area contributed by atoms with Gasteiger partial charge in [0.2, 0.25) is 0 Å². The van der Waals surface area contributed by atoms with Gasteiger partial charge in [0.25, 0.3) is 0 Å². The van der Waals surface area contributed by atoms with Crippen LogP contribution in [0.2, 0.25) is 0 Å². The largest absolute Gasteiger partial charge is 0.487 e. The van der Waals surface area contributed by atoms with Crippen molar-refractivity contribution < 1.29 is 14.3 Å². The first-order valence-corrected chi connectivity index (χ1v) is 10.2. The Bertz CT molecular complexity index is 1060. The molecule has 3 aromatic heterocycles. The first kappa shape index (κ1) is 20.1. The van der Waals surface area contributed by atoms with E-state index >= 15 is 0 Å². The summed E-state index contributed by atoms with van der Waals surface area (Å²) in [4.78, 5) is 14.1. The zero-order valence-corrected chi connectivity index (χ0v) is 17.8. The van der Waals surface area contributed by atoms with Crippen molar-refractivity contribution in [3.63, 3.8) is 0 Å². The number of aromatic nitrogens is 4. The Hall–Kier alpha value is -3.23. The lowest BCUT2D eigenvalue weighted by atomic mass is 10.1.